The number of fused-ring (bicyclic) bond motifs is 2. The molecule has 0 saturated carbocycles. The van der Waals surface area contributed by atoms with E-state index in [0.29, 0.717) is 53.5 Å². The predicted molar refractivity (Wildman–Crippen MR) is 165 cm³/mol. The number of carbonyl (C=O) groups is 1. The summed E-state index contributed by atoms with van der Waals surface area (Å²) in [5.41, 5.74) is 1.74. The van der Waals surface area contributed by atoms with Crippen molar-refractivity contribution in [2.75, 3.05) is 13.7 Å². The fourth-order valence-corrected chi connectivity index (χ4v) is 6.60. The zero-order valence-corrected chi connectivity index (χ0v) is 25.1. The quantitative estimate of drug-likeness (QED) is 0.202. The average Bonchev–Trinajstić information content (AvgIpc) is 3.57. The SMILES string of the molecule is CCOC(=O)C1=C(C)N=c2sc(=Cc3ccc(-c4cc(Cl)ccc4Cl)o3)c(=O)n2C1c1c(OC)ccc2ccccc12. The van der Waals surface area contributed by atoms with Gasteiger partial charge in [-0.3, -0.25) is 9.36 Å². The summed E-state index contributed by atoms with van der Waals surface area (Å²) in [6.45, 7) is 3.67. The lowest BCUT2D eigenvalue weighted by atomic mass is 9.90. The Morgan fingerprint density at radius 2 is 1.93 bits per heavy atom. The minimum atomic E-state index is -0.832. The number of aromatic nitrogens is 1. The molecule has 1 aliphatic heterocycles. The van der Waals surface area contributed by atoms with Crippen LogP contribution >= 0.6 is 34.5 Å². The molecule has 1 atom stereocenters. The van der Waals surface area contributed by atoms with Crippen LogP contribution in [0.25, 0.3) is 28.2 Å². The summed E-state index contributed by atoms with van der Waals surface area (Å²) in [5.74, 6) is 0.966. The number of esters is 1. The molecular weight excluding hydrogens is 595 g/mol. The summed E-state index contributed by atoms with van der Waals surface area (Å²) in [7, 11) is 1.57. The van der Waals surface area contributed by atoms with Crippen LogP contribution in [0.1, 0.15) is 31.2 Å². The molecule has 0 radical (unpaired) electrons. The standard InChI is InChI=1S/C32H24Cl2N2O5S/c1-4-40-31(38)27-17(2)35-32-36(29(27)28-21-8-6-5-7-18(21)9-13-25(28)39-3)30(37)26(42-32)16-20-11-14-24(41-20)22-15-19(33)10-12-23(22)34/h5-16,29H,4H2,1-3H3. The fraction of sp³-hybridized carbons (Fsp3) is 0.156. The Labute approximate surface area is 254 Å². The number of halogens is 2. The molecule has 1 unspecified atom stereocenters. The molecule has 3 aromatic carbocycles. The summed E-state index contributed by atoms with van der Waals surface area (Å²) in [5, 5.41) is 2.81. The van der Waals surface area contributed by atoms with Crippen molar-refractivity contribution < 1.29 is 18.7 Å². The number of furan rings is 1. The molecule has 2 aromatic heterocycles. The van der Waals surface area contributed by atoms with E-state index in [-0.39, 0.29) is 17.7 Å². The van der Waals surface area contributed by atoms with Crippen LogP contribution < -0.4 is 19.6 Å². The van der Waals surface area contributed by atoms with E-state index in [2.05, 4.69) is 4.99 Å². The Balaban J connectivity index is 1.57. The first-order chi connectivity index (χ1) is 20.3. The molecule has 0 fully saturated rings. The Morgan fingerprint density at radius 1 is 1.12 bits per heavy atom. The van der Waals surface area contributed by atoms with Gasteiger partial charge in [0.15, 0.2) is 4.80 Å². The van der Waals surface area contributed by atoms with Gasteiger partial charge < -0.3 is 13.9 Å². The van der Waals surface area contributed by atoms with Gasteiger partial charge in [0.25, 0.3) is 5.56 Å². The summed E-state index contributed by atoms with van der Waals surface area (Å²) in [6, 6.07) is 19.4. The molecule has 7 nitrogen and oxygen atoms in total. The molecule has 0 aliphatic carbocycles. The second-order valence-electron chi connectivity index (χ2n) is 9.53. The van der Waals surface area contributed by atoms with E-state index >= 15 is 0 Å². The molecule has 0 saturated heterocycles. The maximum atomic E-state index is 14.1. The van der Waals surface area contributed by atoms with E-state index < -0.39 is 12.0 Å². The van der Waals surface area contributed by atoms with Gasteiger partial charge in [-0.05, 0) is 61.0 Å². The van der Waals surface area contributed by atoms with E-state index in [1.807, 2.05) is 36.4 Å². The maximum Gasteiger partial charge on any atom is 0.338 e. The van der Waals surface area contributed by atoms with E-state index in [9.17, 15) is 9.59 Å². The third kappa shape index (κ3) is 4.85. The molecule has 10 heteroatoms. The highest BCUT2D eigenvalue weighted by atomic mass is 35.5. The van der Waals surface area contributed by atoms with Crippen LogP contribution in [0.15, 0.2) is 92.2 Å². The first kappa shape index (κ1) is 28.0. The molecule has 6 rings (SSSR count). The first-order valence-electron chi connectivity index (χ1n) is 13.1. The van der Waals surface area contributed by atoms with Gasteiger partial charge in [-0.2, -0.15) is 0 Å². The molecular formula is C32H24Cl2N2O5S. The van der Waals surface area contributed by atoms with Crippen molar-refractivity contribution in [2.45, 2.75) is 19.9 Å². The van der Waals surface area contributed by atoms with Gasteiger partial charge in [-0.1, -0.05) is 64.9 Å². The van der Waals surface area contributed by atoms with Gasteiger partial charge in [0, 0.05) is 22.2 Å². The molecule has 0 amide bonds. The van der Waals surface area contributed by atoms with Crippen LogP contribution in [-0.2, 0) is 9.53 Å². The number of benzene rings is 3. The number of thiazole rings is 1. The molecule has 0 spiro atoms. The van der Waals surface area contributed by atoms with Gasteiger partial charge in [-0.25, -0.2) is 9.79 Å². The van der Waals surface area contributed by atoms with Crippen LogP contribution in [0.5, 0.6) is 5.75 Å². The minimum Gasteiger partial charge on any atom is -0.496 e. The van der Waals surface area contributed by atoms with Crippen LogP contribution in [-0.4, -0.2) is 24.3 Å². The molecule has 0 bridgehead atoms. The Morgan fingerprint density at radius 3 is 2.71 bits per heavy atom. The number of nitrogens with zero attached hydrogens (tertiary/aromatic N) is 2. The van der Waals surface area contributed by atoms with E-state index in [4.69, 9.17) is 37.1 Å². The highest BCUT2D eigenvalue weighted by Crippen LogP contribution is 2.40. The van der Waals surface area contributed by atoms with Crippen molar-refractivity contribution in [1.29, 1.82) is 0 Å². The Hall–Kier alpha value is -4.11. The zero-order chi connectivity index (χ0) is 29.5. The van der Waals surface area contributed by atoms with Crippen molar-refractivity contribution in [2.24, 2.45) is 4.99 Å². The highest BCUT2D eigenvalue weighted by Gasteiger charge is 2.36. The van der Waals surface area contributed by atoms with Gasteiger partial charge in [0.1, 0.15) is 23.3 Å². The summed E-state index contributed by atoms with van der Waals surface area (Å²) in [4.78, 5) is 32.7. The normalized spacial score (nSPS) is 15.1. The second kappa shape index (κ2) is 11.3. The molecule has 212 valence electrons. The molecule has 3 heterocycles. The van der Waals surface area contributed by atoms with Crippen LogP contribution in [0.3, 0.4) is 0 Å². The third-order valence-corrected chi connectivity index (χ3v) is 8.58. The van der Waals surface area contributed by atoms with Gasteiger partial charge in [0.05, 0.1) is 34.5 Å². The van der Waals surface area contributed by atoms with Gasteiger partial charge in [-0.15, -0.1) is 0 Å². The van der Waals surface area contributed by atoms with Crippen molar-refractivity contribution in [3.63, 3.8) is 0 Å². The summed E-state index contributed by atoms with van der Waals surface area (Å²) in [6.07, 6.45) is 1.66. The number of rotatable bonds is 6. The van der Waals surface area contributed by atoms with Crippen LogP contribution in [0.2, 0.25) is 10.0 Å². The number of methoxy groups -OCH3 is 1. The lowest BCUT2D eigenvalue weighted by Gasteiger charge is -2.27. The number of ether oxygens (including phenoxy) is 2. The minimum absolute atomic E-state index is 0.177. The zero-order valence-electron chi connectivity index (χ0n) is 22.8. The molecule has 42 heavy (non-hydrogen) atoms. The Kier molecular flexibility index (Phi) is 7.53. The van der Waals surface area contributed by atoms with Crippen LogP contribution in [0.4, 0.5) is 0 Å². The van der Waals surface area contributed by atoms with Crippen molar-refractivity contribution in [3.05, 3.63) is 119 Å². The van der Waals surface area contributed by atoms with Crippen molar-refractivity contribution in [1.82, 2.24) is 4.57 Å². The summed E-state index contributed by atoms with van der Waals surface area (Å²) >= 11 is 13.7. The monoisotopic (exact) mass is 618 g/mol. The number of hydrogen-bond acceptors (Lipinski definition) is 7. The largest absolute Gasteiger partial charge is 0.496 e. The molecule has 0 N–H and O–H groups in total. The average molecular weight is 620 g/mol. The lowest BCUT2D eigenvalue weighted by Crippen LogP contribution is -2.40. The van der Waals surface area contributed by atoms with E-state index in [0.717, 1.165) is 10.8 Å². The number of carbonyl (C=O) groups excluding carboxylic acids is 1. The second-order valence-corrected chi connectivity index (χ2v) is 11.4. The topological polar surface area (TPSA) is 83.0 Å². The van der Waals surface area contributed by atoms with Crippen molar-refractivity contribution >= 4 is 57.4 Å². The summed E-state index contributed by atoms with van der Waals surface area (Å²) < 4.78 is 19.2. The lowest BCUT2D eigenvalue weighted by molar-refractivity contribution is -0.139. The first-order valence-corrected chi connectivity index (χ1v) is 14.7. The third-order valence-electron chi connectivity index (χ3n) is 7.04. The fourth-order valence-electron chi connectivity index (χ4n) is 5.19. The maximum absolute atomic E-state index is 14.1. The molecule has 5 aromatic rings. The predicted octanol–water partition coefficient (Wildman–Crippen LogP) is 6.53. The van der Waals surface area contributed by atoms with Gasteiger partial charge >= 0.3 is 5.97 Å². The van der Waals surface area contributed by atoms with Crippen molar-refractivity contribution in [3.8, 4) is 17.1 Å². The van der Waals surface area contributed by atoms with E-state index in [1.165, 1.54) is 15.9 Å². The molecule has 1 aliphatic rings. The van der Waals surface area contributed by atoms with E-state index in [1.54, 1.807) is 57.4 Å². The smallest absolute Gasteiger partial charge is 0.338 e. The number of hydrogen-bond donors (Lipinski definition) is 0. The highest BCUT2D eigenvalue weighted by molar-refractivity contribution is 7.07. The Bertz CT molecular complexity index is 2090. The van der Waals surface area contributed by atoms with Gasteiger partial charge in [0.2, 0.25) is 0 Å². The number of allylic oxidation sites excluding steroid dienone is 1. The van der Waals surface area contributed by atoms with Crippen LogP contribution in [0, 0.1) is 0 Å².